The molecule has 39 heavy (non-hydrogen) atoms. The van der Waals surface area contributed by atoms with Gasteiger partial charge in [-0.1, -0.05) is 17.7 Å². The van der Waals surface area contributed by atoms with Crippen LogP contribution in [0.3, 0.4) is 0 Å². The maximum atomic E-state index is 13.5. The number of hydrogen-bond donors (Lipinski definition) is 1. The van der Waals surface area contributed by atoms with Crippen LogP contribution >= 0.6 is 11.6 Å². The Kier molecular flexibility index (Phi) is 9.43. The van der Waals surface area contributed by atoms with Crippen LogP contribution in [0.1, 0.15) is 75.6 Å². The number of aryl methyl sites for hydroxylation is 1. The molecule has 8 nitrogen and oxygen atoms in total. The van der Waals surface area contributed by atoms with E-state index in [1.807, 2.05) is 0 Å². The Morgan fingerprint density at radius 2 is 1.74 bits per heavy atom. The molecule has 0 bridgehead atoms. The maximum Gasteiger partial charge on any atom is 0.308 e. The first-order valence-corrected chi connectivity index (χ1v) is 14.0. The molecule has 0 saturated heterocycles. The Labute approximate surface area is 237 Å². The van der Waals surface area contributed by atoms with Gasteiger partial charge in [-0.15, -0.1) is 4.72 Å². The number of aromatic nitrogens is 2. The van der Waals surface area contributed by atoms with Crippen molar-refractivity contribution in [2.45, 2.75) is 64.4 Å². The Morgan fingerprint density at radius 1 is 1.10 bits per heavy atom. The first-order valence-electron chi connectivity index (χ1n) is 12.4. The molecule has 1 N–H and O–H groups in total. The summed E-state index contributed by atoms with van der Waals surface area (Å²) in [6.45, 7) is 10.7. The fourth-order valence-corrected chi connectivity index (χ4v) is 4.72. The number of esters is 1. The fraction of sp³-hybridized carbons (Fsp3) is 0.379. The van der Waals surface area contributed by atoms with Gasteiger partial charge in [0.25, 0.3) is 5.56 Å². The highest BCUT2D eigenvalue weighted by atomic mass is 35.5. The Bertz CT molecular complexity index is 1410. The van der Waals surface area contributed by atoms with Crippen molar-refractivity contribution in [1.82, 2.24) is 14.3 Å². The van der Waals surface area contributed by atoms with Crippen LogP contribution in [0.25, 0.3) is 11.1 Å². The zero-order valence-corrected chi connectivity index (χ0v) is 24.8. The lowest BCUT2D eigenvalue weighted by Crippen LogP contribution is -2.42. The zero-order valence-electron chi connectivity index (χ0n) is 23.2. The topological polar surface area (TPSA) is 113 Å². The molecular formula is C29H34ClN3O5S. The second-order valence-corrected chi connectivity index (χ2v) is 13.6. The van der Waals surface area contributed by atoms with E-state index >= 15 is 0 Å². The molecule has 2 aromatic heterocycles. The van der Waals surface area contributed by atoms with Crippen molar-refractivity contribution < 1.29 is 18.9 Å². The summed E-state index contributed by atoms with van der Waals surface area (Å²) in [5.74, 6) is -0.863. The first-order chi connectivity index (χ1) is 18.1. The predicted molar refractivity (Wildman–Crippen MR) is 154 cm³/mol. The van der Waals surface area contributed by atoms with Crippen LogP contribution in [0.4, 0.5) is 0 Å². The van der Waals surface area contributed by atoms with E-state index in [-0.39, 0.29) is 23.5 Å². The third kappa shape index (κ3) is 8.02. The number of hydrogen-bond acceptors (Lipinski definition) is 7. The van der Waals surface area contributed by atoms with Gasteiger partial charge >= 0.3 is 5.97 Å². The molecule has 2 heterocycles. The maximum absolute atomic E-state index is 13.5. The summed E-state index contributed by atoms with van der Waals surface area (Å²) in [5, 5.41) is 0.496. The second kappa shape index (κ2) is 12.0. The molecule has 0 aliphatic carbocycles. The number of pyridine rings is 2. The molecular weight excluding hydrogens is 538 g/mol. The lowest BCUT2D eigenvalue weighted by molar-refractivity contribution is -0.155. The molecule has 0 saturated carbocycles. The van der Waals surface area contributed by atoms with Gasteiger partial charge in [0.1, 0.15) is 16.0 Å². The van der Waals surface area contributed by atoms with E-state index in [9.17, 15) is 18.9 Å². The van der Waals surface area contributed by atoms with Crippen molar-refractivity contribution in [3.63, 3.8) is 0 Å². The molecule has 0 unspecified atom stereocenters. The number of benzene rings is 1. The third-order valence-corrected chi connectivity index (χ3v) is 7.51. The van der Waals surface area contributed by atoms with Crippen LogP contribution in [0, 0.1) is 0 Å². The number of carbonyl (C=O) groups excluding carboxylic acids is 2. The van der Waals surface area contributed by atoms with Crippen LogP contribution in [-0.2, 0) is 27.9 Å². The first kappa shape index (κ1) is 30.6. The molecule has 0 amide bonds. The zero-order chi connectivity index (χ0) is 29.1. The number of carbonyl (C=O) groups is 2. The van der Waals surface area contributed by atoms with Crippen LogP contribution in [-0.4, -0.2) is 36.2 Å². The van der Waals surface area contributed by atoms with Crippen molar-refractivity contribution in [3.8, 4) is 11.1 Å². The average molecular weight is 572 g/mol. The van der Waals surface area contributed by atoms with Crippen molar-refractivity contribution in [2.24, 2.45) is 7.05 Å². The van der Waals surface area contributed by atoms with E-state index in [4.69, 9.17) is 16.3 Å². The summed E-state index contributed by atoms with van der Waals surface area (Å²) in [7, 11) is 1.59. The van der Waals surface area contributed by atoms with E-state index < -0.39 is 33.7 Å². The molecule has 1 aromatic carbocycles. The minimum absolute atomic E-state index is 0.160. The number of ether oxygens (including phenoxy) is 1. The lowest BCUT2D eigenvalue weighted by Gasteiger charge is -2.29. The van der Waals surface area contributed by atoms with Gasteiger partial charge < -0.3 is 13.9 Å². The summed E-state index contributed by atoms with van der Waals surface area (Å²) in [6, 6.07) is 10.4. The number of halogens is 1. The van der Waals surface area contributed by atoms with E-state index in [0.29, 0.717) is 27.3 Å². The molecule has 3 aromatic rings. The summed E-state index contributed by atoms with van der Waals surface area (Å²) < 4.78 is 22.5. The van der Waals surface area contributed by atoms with E-state index in [0.717, 1.165) is 0 Å². The summed E-state index contributed by atoms with van der Waals surface area (Å²) >= 11 is 4.41. The van der Waals surface area contributed by atoms with E-state index in [1.165, 1.54) is 16.8 Å². The molecule has 0 aliphatic heterocycles. The van der Waals surface area contributed by atoms with Crippen LogP contribution in [0.5, 0.6) is 0 Å². The summed E-state index contributed by atoms with van der Waals surface area (Å²) in [5.41, 5.74) is 0.841. The van der Waals surface area contributed by atoms with Crippen LogP contribution < -0.4 is 10.3 Å². The van der Waals surface area contributed by atoms with Gasteiger partial charge in [-0.2, -0.15) is 0 Å². The van der Waals surface area contributed by atoms with Crippen molar-refractivity contribution >= 4 is 34.7 Å². The minimum Gasteiger partial charge on any atom is -0.598 e. The van der Waals surface area contributed by atoms with Crippen molar-refractivity contribution in [1.29, 1.82) is 0 Å². The van der Waals surface area contributed by atoms with Gasteiger partial charge in [-0.05, 0) is 77.4 Å². The van der Waals surface area contributed by atoms with Gasteiger partial charge in [-0.25, -0.2) is 0 Å². The fourth-order valence-electron chi connectivity index (χ4n) is 3.77. The third-order valence-electron chi connectivity index (χ3n) is 5.65. The number of nitrogens with one attached hydrogen (secondary N) is 1. The van der Waals surface area contributed by atoms with Crippen molar-refractivity contribution in [2.75, 3.05) is 0 Å². The minimum atomic E-state index is -1.59. The lowest BCUT2D eigenvalue weighted by atomic mass is 9.92. The van der Waals surface area contributed by atoms with Gasteiger partial charge in [0.15, 0.2) is 0 Å². The van der Waals surface area contributed by atoms with Gasteiger partial charge in [0.2, 0.25) is 5.78 Å². The largest absolute Gasteiger partial charge is 0.598 e. The highest BCUT2D eigenvalue weighted by Gasteiger charge is 2.34. The molecule has 10 heteroatoms. The number of rotatable bonds is 8. The molecule has 0 fully saturated rings. The van der Waals surface area contributed by atoms with Crippen molar-refractivity contribution in [3.05, 3.63) is 87.1 Å². The van der Waals surface area contributed by atoms with E-state index in [2.05, 4.69) is 9.71 Å². The quantitative estimate of drug-likeness (QED) is 0.226. The average Bonchev–Trinajstić information content (AvgIpc) is 2.83. The monoisotopic (exact) mass is 571 g/mol. The number of ketones is 1. The molecule has 208 valence electrons. The van der Waals surface area contributed by atoms with Crippen LogP contribution in [0.15, 0.2) is 59.7 Å². The number of nitrogens with zero attached hydrogens (tertiary/aromatic N) is 2. The molecule has 0 aliphatic rings. The van der Waals surface area contributed by atoms with Gasteiger partial charge in [0, 0.05) is 58.6 Å². The Morgan fingerprint density at radius 3 is 2.33 bits per heavy atom. The smallest absolute Gasteiger partial charge is 0.308 e. The standard InChI is InChI=1S/C29H34ClN3O5S/c1-28(2,3)38-25(35)16-23(32-39(37)29(4,5)6)21-15-24(34)33(7)17-22(21)20-9-8-14-31-26(20)27(36)18-10-12-19(30)13-11-18/h8-15,17,23,32H,16H2,1-7H3/t23-,39-/m0/s1. The van der Waals surface area contributed by atoms with Crippen LogP contribution in [0.2, 0.25) is 5.02 Å². The summed E-state index contributed by atoms with van der Waals surface area (Å²) in [6.07, 6.45) is 2.91. The SMILES string of the molecule is Cn1cc(-c2cccnc2C(=O)c2ccc(Cl)cc2)c([C@H](CC(=O)OC(C)(C)C)N[S@@+]([O-])C(C)(C)C)cc1=O. The van der Waals surface area contributed by atoms with Gasteiger partial charge in [-0.3, -0.25) is 19.4 Å². The summed E-state index contributed by atoms with van der Waals surface area (Å²) in [4.78, 5) is 43.7. The molecule has 2 atom stereocenters. The Balaban J connectivity index is 2.19. The normalized spacial score (nSPS) is 13.6. The van der Waals surface area contributed by atoms with E-state index in [1.54, 1.807) is 91.2 Å². The Hall–Kier alpha value is -2.98. The highest BCUT2D eigenvalue weighted by molar-refractivity contribution is 7.90. The second-order valence-electron chi connectivity index (χ2n) is 11.2. The molecule has 0 radical (unpaired) electrons. The molecule has 0 spiro atoms. The molecule has 3 rings (SSSR count). The van der Waals surface area contributed by atoms with Gasteiger partial charge in [0.05, 0.1) is 12.5 Å². The highest BCUT2D eigenvalue weighted by Crippen LogP contribution is 2.33. The predicted octanol–water partition coefficient (Wildman–Crippen LogP) is 5.16.